The summed E-state index contributed by atoms with van der Waals surface area (Å²) in [4.78, 5) is 0. The summed E-state index contributed by atoms with van der Waals surface area (Å²) in [5, 5.41) is 0. The van der Waals surface area contributed by atoms with Crippen LogP contribution >= 0.6 is 0 Å². The molecule has 16 heavy (non-hydrogen) atoms. The van der Waals surface area contributed by atoms with Gasteiger partial charge in [0.2, 0.25) is 0 Å². The molecule has 3 nitrogen and oxygen atoms in total. The molecule has 0 aromatic rings. The van der Waals surface area contributed by atoms with Crippen molar-refractivity contribution in [2.45, 2.75) is 45.1 Å². The maximum Gasteiger partial charge on any atom is 0.410 e. The summed E-state index contributed by atoms with van der Waals surface area (Å²) >= 11 is 0. The second kappa shape index (κ2) is 5.62. The van der Waals surface area contributed by atoms with E-state index in [9.17, 15) is 0 Å². The highest BCUT2D eigenvalue weighted by molar-refractivity contribution is 6.41. The fourth-order valence-corrected chi connectivity index (χ4v) is 5.39. The lowest BCUT2D eigenvalue weighted by molar-refractivity contribution is 0.0631. The highest BCUT2D eigenvalue weighted by atomic mass is 28.3. The number of piperidine rings is 1. The molecule has 0 N–H and O–H groups in total. The van der Waals surface area contributed by atoms with Crippen LogP contribution < -0.4 is 0 Å². The maximum absolute atomic E-state index is 5.56. The van der Waals surface area contributed by atoms with Crippen LogP contribution in [0.5, 0.6) is 0 Å². The van der Waals surface area contributed by atoms with Crippen LogP contribution in [-0.4, -0.2) is 40.8 Å². The number of rotatable bonds is 3. The van der Waals surface area contributed by atoms with Crippen LogP contribution in [-0.2, 0) is 8.85 Å². The van der Waals surface area contributed by atoms with Gasteiger partial charge in [0.15, 0.2) is 0 Å². The van der Waals surface area contributed by atoms with Crippen LogP contribution in [0, 0.1) is 11.8 Å². The van der Waals surface area contributed by atoms with E-state index in [1.807, 2.05) is 0 Å². The first kappa shape index (κ1) is 12.6. The molecule has 3 unspecified atom stereocenters. The van der Waals surface area contributed by atoms with Gasteiger partial charge in [0.05, 0.1) is 0 Å². The van der Waals surface area contributed by atoms with E-state index >= 15 is 0 Å². The Morgan fingerprint density at radius 2 is 1.88 bits per heavy atom. The van der Waals surface area contributed by atoms with E-state index in [4.69, 9.17) is 8.85 Å². The van der Waals surface area contributed by atoms with Crippen molar-refractivity contribution in [1.82, 2.24) is 4.57 Å². The minimum atomic E-state index is -1.55. The van der Waals surface area contributed by atoms with Crippen LogP contribution in [0.3, 0.4) is 0 Å². The Morgan fingerprint density at radius 3 is 2.56 bits per heavy atom. The van der Waals surface area contributed by atoms with Crippen LogP contribution in [0.25, 0.3) is 0 Å². The molecule has 2 aliphatic rings. The van der Waals surface area contributed by atoms with E-state index in [1.165, 1.54) is 38.6 Å². The molecule has 1 heterocycles. The van der Waals surface area contributed by atoms with Gasteiger partial charge in [-0.05, 0) is 50.5 Å². The maximum atomic E-state index is 5.56. The van der Waals surface area contributed by atoms with E-state index in [0.717, 1.165) is 17.9 Å². The number of nitrogens with zero attached hydrogens (tertiary/aromatic N) is 1. The Hall–Kier alpha value is 0.0969. The van der Waals surface area contributed by atoms with E-state index in [1.54, 1.807) is 14.2 Å². The molecule has 2 fully saturated rings. The van der Waals surface area contributed by atoms with Crippen LogP contribution in [0.15, 0.2) is 0 Å². The summed E-state index contributed by atoms with van der Waals surface area (Å²) in [7, 11) is 2.05. The minimum Gasteiger partial charge on any atom is -0.388 e. The third kappa shape index (κ3) is 2.50. The third-order valence-electron chi connectivity index (χ3n) is 4.30. The first-order chi connectivity index (χ1) is 7.76. The highest BCUT2D eigenvalue weighted by Crippen LogP contribution is 2.38. The Balaban J connectivity index is 2.03. The summed E-state index contributed by atoms with van der Waals surface area (Å²) in [6, 6.07) is 0.751. The molecule has 2 rings (SSSR count). The largest absolute Gasteiger partial charge is 0.410 e. The van der Waals surface area contributed by atoms with Crippen molar-refractivity contribution in [3.05, 3.63) is 0 Å². The predicted octanol–water partition coefficient (Wildman–Crippen LogP) is 1.90. The number of fused-ring (bicyclic) bond motifs is 1. The standard InChI is InChI=1S/C12H25NO2Si/c1-10-6-7-12-11(9-10)5-4-8-13(12)16(14-2)15-3/h10-12,16H,4-9H2,1-3H3. The van der Waals surface area contributed by atoms with Crippen molar-refractivity contribution in [1.29, 1.82) is 0 Å². The van der Waals surface area contributed by atoms with Gasteiger partial charge in [-0.3, -0.25) is 4.57 Å². The normalized spacial score (nSPS) is 36.4. The van der Waals surface area contributed by atoms with Crippen molar-refractivity contribution in [2.75, 3.05) is 20.8 Å². The molecule has 0 amide bonds. The Labute approximate surface area is 101 Å². The zero-order valence-corrected chi connectivity index (χ0v) is 12.0. The molecule has 0 bridgehead atoms. The van der Waals surface area contributed by atoms with Gasteiger partial charge < -0.3 is 8.85 Å². The second-order valence-corrected chi connectivity index (χ2v) is 7.62. The quantitative estimate of drug-likeness (QED) is 0.707. The van der Waals surface area contributed by atoms with Gasteiger partial charge in [-0.1, -0.05) is 6.92 Å². The third-order valence-corrected chi connectivity index (χ3v) is 6.29. The molecular formula is C12H25NO2Si. The van der Waals surface area contributed by atoms with Gasteiger partial charge >= 0.3 is 9.45 Å². The monoisotopic (exact) mass is 243 g/mol. The lowest BCUT2D eigenvalue weighted by atomic mass is 9.75. The molecule has 94 valence electrons. The average Bonchev–Trinajstić information content (AvgIpc) is 2.30. The van der Waals surface area contributed by atoms with E-state index in [0.29, 0.717) is 0 Å². The molecule has 1 saturated carbocycles. The van der Waals surface area contributed by atoms with Crippen molar-refractivity contribution in [3.63, 3.8) is 0 Å². The van der Waals surface area contributed by atoms with E-state index < -0.39 is 9.45 Å². The van der Waals surface area contributed by atoms with Gasteiger partial charge in [0.1, 0.15) is 0 Å². The first-order valence-electron chi connectivity index (χ1n) is 6.57. The molecule has 1 aliphatic carbocycles. The highest BCUT2D eigenvalue weighted by Gasteiger charge is 2.39. The molecule has 1 saturated heterocycles. The van der Waals surface area contributed by atoms with Crippen LogP contribution in [0.4, 0.5) is 0 Å². The van der Waals surface area contributed by atoms with E-state index in [2.05, 4.69) is 11.5 Å². The fourth-order valence-electron chi connectivity index (χ4n) is 3.56. The molecule has 0 aromatic heterocycles. The van der Waals surface area contributed by atoms with E-state index in [-0.39, 0.29) is 0 Å². The van der Waals surface area contributed by atoms with Gasteiger partial charge in [-0.25, -0.2) is 0 Å². The van der Waals surface area contributed by atoms with Crippen LogP contribution in [0.1, 0.15) is 39.0 Å². The molecule has 3 atom stereocenters. The molecule has 1 aliphatic heterocycles. The summed E-state index contributed by atoms with van der Waals surface area (Å²) in [6.07, 6.45) is 6.88. The van der Waals surface area contributed by atoms with Gasteiger partial charge in [-0.2, -0.15) is 0 Å². The number of hydrogen-bond donors (Lipinski definition) is 0. The molecule has 0 radical (unpaired) electrons. The minimum absolute atomic E-state index is 0.751. The zero-order valence-electron chi connectivity index (χ0n) is 10.8. The van der Waals surface area contributed by atoms with Gasteiger partial charge in [0.25, 0.3) is 0 Å². The van der Waals surface area contributed by atoms with Gasteiger partial charge in [-0.15, -0.1) is 0 Å². The smallest absolute Gasteiger partial charge is 0.388 e. The summed E-state index contributed by atoms with van der Waals surface area (Å²) < 4.78 is 13.7. The zero-order chi connectivity index (χ0) is 11.5. The van der Waals surface area contributed by atoms with Crippen molar-refractivity contribution in [3.8, 4) is 0 Å². The number of hydrogen-bond acceptors (Lipinski definition) is 3. The molecule has 0 aromatic carbocycles. The van der Waals surface area contributed by atoms with Gasteiger partial charge in [0, 0.05) is 20.3 Å². The first-order valence-corrected chi connectivity index (χ1v) is 8.03. The SMILES string of the molecule is CO[SiH](OC)N1CCCC2CC(C)CCC21. The Bertz CT molecular complexity index is 223. The van der Waals surface area contributed by atoms with Crippen molar-refractivity contribution < 1.29 is 8.85 Å². The summed E-state index contributed by atoms with van der Waals surface area (Å²) in [5.41, 5.74) is 0. The van der Waals surface area contributed by atoms with Crippen LogP contribution in [0.2, 0.25) is 0 Å². The Kier molecular flexibility index (Phi) is 4.41. The average molecular weight is 243 g/mol. The second-order valence-electron chi connectivity index (χ2n) is 5.40. The Morgan fingerprint density at radius 1 is 1.12 bits per heavy atom. The summed E-state index contributed by atoms with van der Waals surface area (Å²) in [6.45, 7) is 3.59. The molecule has 0 spiro atoms. The predicted molar refractivity (Wildman–Crippen MR) is 67.4 cm³/mol. The molecule has 4 heteroatoms. The van der Waals surface area contributed by atoms with Crippen molar-refractivity contribution >= 4 is 9.45 Å². The lowest BCUT2D eigenvalue weighted by Gasteiger charge is -2.47. The molecular weight excluding hydrogens is 218 g/mol. The lowest BCUT2D eigenvalue weighted by Crippen LogP contribution is -2.56. The van der Waals surface area contributed by atoms with Crippen molar-refractivity contribution in [2.24, 2.45) is 11.8 Å². The topological polar surface area (TPSA) is 21.7 Å². The fraction of sp³-hybridized carbons (Fsp3) is 1.00. The summed E-state index contributed by atoms with van der Waals surface area (Å²) in [5.74, 6) is 1.82.